The summed E-state index contributed by atoms with van der Waals surface area (Å²) in [6.45, 7) is 5.67. The van der Waals surface area contributed by atoms with Crippen molar-refractivity contribution in [1.29, 1.82) is 0 Å². The third kappa shape index (κ3) is 5.48. The van der Waals surface area contributed by atoms with Crippen LogP contribution in [0.4, 0.5) is 0 Å². The highest BCUT2D eigenvalue weighted by Gasteiger charge is 2.16. The van der Waals surface area contributed by atoms with Crippen LogP contribution >= 0.6 is 0 Å². The van der Waals surface area contributed by atoms with Crippen LogP contribution in [-0.4, -0.2) is 39.7 Å². The highest BCUT2D eigenvalue weighted by atomic mass is 32.2. The van der Waals surface area contributed by atoms with E-state index in [4.69, 9.17) is 4.74 Å². The van der Waals surface area contributed by atoms with Crippen LogP contribution < -0.4 is 5.32 Å². The lowest BCUT2D eigenvalue weighted by atomic mass is 10.1. The number of rotatable bonds is 6. The van der Waals surface area contributed by atoms with E-state index in [9.17, 15) is 18.0 Å². The molecule has 22 heavy (non-hydrogen) atoms. The number of hydrogen-bond acceptors (Lipinski definition) is 5. The van der Waals surface area contributed by atoms with E-state index in [1.807, 2.05) is 13.8 Å². The molecule has 0 bridgehead atoms. The van der Waals surface area contributed by atoms with Crippen LogP contribution in [0.15, 0.2) is 23.1 Å². The number of benzene rings is 1. The Morgan fingerprint density at radius 2 is 1.91 bits per heavy atom. The Hall–Kier alpha value is -1.89. The zero-order valence-corrected chi connectivity index (χ0v) is 14.0. The second-order valence-corrected chi connectivity index (χ2v) is 7.54. The molecule has 0 heterocycles. The Kier molecular flexibility index (Phi) is 6.11. The summed E-state index contributed by atoms with van der Waals surface area (Å²) >= 11 is 0. The molecular formula is C15H21NO5S. The molecule has 0 spiro atoms. The summed E-state index contributed by atoms with van der Waals surface area (Å²) in [6, 6.07) is 4.22. The first kappa shape index (κ1) is 18.2. The van der Waals surface area contributed by atoms with Gasteiger partial charge in [-0.15, -0.1) is 0 Å². The van der Waals surface area contributed by atoms with Crippen molar-refractivity contribution in [3.63, 3.8) is 0 Å². The number of carbonyl (C=O) groups is 2. The molecule has 0 saturated heterocycles. The summed E-state index contributed by atoms with van der Waals surface area (Å²) < 4.78 is 28.0. The number of amides is 1. The molecule has 1 rings (SSSR count). The lowest BCUT2D eigenvalue weighted by molar-refractivity contribution is -0.124. The lowest BCUT2D eigenvalue weighted by Gasteiger charge is -2.10. The molecule has 0 unspecified atom stereocenters. The summed E-state index contributed by atoms with van der Waals surface area (Å²) in [6.07, 6.45) is 1.06. The predicted molar refractivity (Wildman–Crippen MR) is 82.4 cm³/mol. The van der Waals surface area contributed by atoms with Gasteiger partial charge in [-0.2, -0.15) is 0 Å². The average molecular weight is 327 g/mol. The van der Waals surface area contributed by atoms with Crippen molar-refractivity contribution >= 4 is 21.7 Å². The highest BCUT2D eigenvalue weighted by molar-refractivity contribution is 7.90. The van der Waals surface area contributed by atoms with Gasteiger partial charge in [0.25, 0.3) is 5.91 Å². The summed E-state index contributed by atoms with van der Waals surface area (Å²) in [4.78, 5) is 23.5. The molecule has 0 aliphatic carbocycles. The Balaban J connectivity index is 2.76. The van der Waals surface area contributed by atoms with Gasteiger partial charge in [0, 0.05) is 12.8 Å². The third-order valence-electron chi connectivity index (χ3n) is 2.90. The maximum absolute atomic E-state index is 12.0. The average Bonchev–Trinajstić information content (AvgIpc) is 2.41. The molecule has 1 amide bonds. The Labute approximate surface area is 130 Å². The molecule has 122 valence electrons. The van der Waals surface area contributed by atoms with E-state index in [2.05, 4.69) is 5.32 Å². The zero-order chi connectivity index (χ0) is 16.9. The summed E-state index contributed by atoms with van der Waals surface area (Å²) in [5.74, 6) is -0.810. The largest absolute Gasteiger partial charge is 0.452 e. The van der Waals surface area contributed by atoms with E-state index in [1.165, 1.54) is 18.2 Å². The van der Waals surface area contributed by atoms with Crippen LogP contribution in [0.3, 0.4) is 0 Å². The minimum Gasteiger partial charge on any atom is -0.452 e. The van der Waals surface area contributed by atoms with Crippen LogP contribution in [0.25, 0.3) is 0 Å². The number of hydrogen-bond donors (Lipinski definition) is 1. The summed E-state index contributed by atoms with van der Waals surface area (Å²) in [5.41, 5.74) is 0.722. The van der Waals surface area contributed by atoms with Crippen LogP contribution in [0, 0.1) is 12.8 Å². The molecule has 0 radical (unpaired) electrons. The SMILES string of the molecule is Cc1ccc(S(C)(=O)=O)cc1C(=O)OCC(=O)NCC(C)C. The Bertz CT molecular complexity index is 665. The van der Waals surface area contributed by atoms with Gasteiger partial charge in [-0.1, -0.05) is 19.9 Å². The third-order valence-corrected chi connectivity index (χ3v) is 4.01. The Morgan fingerprint density at radius 3 is 2.45 bits per heavy atom. The van der Waals surface area contributed by atoms with Gasteiger partial charge in [0.1, 0.15) is 0 Å². The van der Waals surface area contributed by atoms with E-state index in [1.54, 1.807) is 6.92 Å². The summed E-state index contributed by atoms with van der Waals surface area (Å²) in [7, 11) is -3.41. The summed E-state index contributed by atoms with van der Waals surface area (Å²) in [5, 5.41) is 2.63. The Morgan fingerprint density at radius 1 is 1.27 bits per heavy atom. The number of ether oxygens (including phenoxy) is 1. The fraction of sp³-hybridized carbons (Fsp3) is 0.467. The van der Waals surface area contributed by atoms with Gasteiger partial charge < -0.3 is 10.1 Å². The van der Waals surface area contributed by atoms with E-state index in [0.29, 0.717) is 18.0 Å². The van der Waals surface area contributed by atoms with Gasteiger partial charge in [0.2, 0.25) is 0 Å². The van der Waals surface area contributed by atoms with E-state index < -0.39 is 22.4 Å². The molecule has 0 aromatic heterocycles. The molecule has 1 aromatic rings. The smallest absolute Gasteiger partial charge is 0.338 e. The van der Waals surface area contributed by atoms with Crippen molar-refractivity contribution in [3.05, 3.63) is 29.3 Å². The lowest BCUT2D eigenvalue weighted by Crippen LogP contribution is -2.31. The molecule has 1 aromatic carbocycles. The minimum atomic E-state index is -3.41. The van der Waals surface area contributed by atoms with Crippen molar-refractivity contribution in [1.82, 2.24) is 5.32 Å². The van der Waals surface area contributed by atoms with Crippen LogP contribution in [0.2, 0.25) is 0 Å². The van der Waals surface area contributed by atoms with E-state index >= 15 is 0 Å². The van der Waals surface area contributed by atoms with Crippen molar-refractivity contribution in [3.8, 4) is 0 Å². The number of esters is 1. The van der Waals surface area contributed by atoms with Crippen molar-refractivity contribution in [2.75, 3.05) is 19.4 Å². The maximum Gasteiger partial charge on any atom is 0.338 e. The van der Waals surface area contributed by atoms with Crippen molar-refractivity contribution in [2.45, 2.75) is 25.7 Å². The first-order chi connectivity index (χ1) is 10.1. The monoisotopic (exact) mass is 327 g/mol. The first-order valence-electron chi connectivity index (χ1n) is 6.85. The minimum absolute atomic E-state index is 0.0364. The van der Waals surface area contributed by atoms with Crippen LogP contribution in [0.1, 0.15) is 29.8 Å². The van der Waals surface area contributed by atoms with Gasteiger partial charge in [-0.05, 0) is 30.5 Å². The van der Waals surface area contributed by atoms with E-state index in [-0.39, 0.29) is 16.4 Å². The highest BCUT2D eigenvalue weighted by Crippen LogP contribution is 2.16. The van der Waals surface area contributed by atoms with Gasteiger partial charge in [0.05, 0.1) is 10.5 Å². The molecule has 0 fully saturated rings. The standard InChI is InChI=1S/C15H21NO5S/c1-10(2)8-16-14(17)9-21-15(18)13-7-12(22(4,19)20)6-5-11(13)3/h5-7,10H,8-9H2,1-4H3,(H,16,17). The van der Waals surface area contributed by atoms with Gasteiger partial charge in [-0.25, -0.2) is 13.2 Å². The van der Waals surface area contributed by atoms with Gasteiger partial charge in [0.15, 0.2) is 16.4 Å². The number of sulfone groups is 1. The normalized spacial score (nSPS) is 11.3. The molecule has 0 aliphatic rings. The molecular weight excluding hydrogens is 306 g/mol. The maximum atomic E-state index is 12.0. The fourth-order valence-electron chi connectivity index (χ4n) is 1.63. The van der Waals surface area contributed by atoms with Gasteiger partial charge in [-0.3, -0.25) is 4.79 Å². The number of carbonyl (C=O) groups excluding carboxylic acids is 2. The van der Waals surface area contributed by atoms with Crippen molar-refractivity contribution < 1.29 is 22.7 Å². The molecule has 0 aliphatic heterocycles. The number of aryl methyl sites for hydroxylation is 1. The molecule has 6 nitrogen and oxygen atoms in total. The second kappa shape index (κ2) is 7.40. The van der Waals surface area contributed by atoms with Crippen LogP contribution in [0.5, 0.6) is 0 Å². The fourth-order valence-corrected chi connectivity index (χ4v) is 2.28. The predicted octanol–water partition coefficient (Wildman–Crippen LogP) is 1.33. The topological polar surface area (TPSA) is 89.5 Å². The van der Waals surface area contributed by atoms with Crippen molar-refractivity contribution in [2.24, 2.45) is 5.92 Å². The first-order valence-corrected chi connectivity index (χ1v) is 8.75. The molecule has 0 atom stereocenters. The molecule has 1 N–H and O–H groups in total. The quantitative estimate of drug-likeness (QED) is 0.796. The molecule has 0 saturated carbocycles. The van der Waals surface area contributed by atoms with Gasteiger partial charge >= 0.3 is 5.97 Å². The number of nitrogens with one attached hydrogen (secondary N) is 1. The molecule has 7 heteroatoms. The van der Waals surface area contributed by atoms with Crippen LogP contribution in [-0.2, 0) is 19.4 Å². The van der Waals surface area contributed by atoms with E-state index in [0.717, 1.165) is 6.26 Å². The second-order valence-electron chi connectivity index (χ2n) is 5.52. The zero-order valence-electron chi connectivity index (χ0n) is 13.2.